The van der Waals surface area contributed by atoms with Crippen LogP contribution in [0.5, 0.6) is 11.5 Å². The Morgan fingerprint density at radius 2 is 1.44 bits per heavy atom. The van der Waals surface area contributed by atoms with E-state index in [0.717, 1.165) is 38.3 Å². The quantitative estimate of drug-likeness (QED) is 0.227. The van der Waals surface area contributed by atoms with Crippen LogP contribution < -0.4 is 4.74 Å². The van der Waals surface area contributed by atoms with Crippen LogP contribution in [-0.4, -0.2) is 4.57 Å². The molecule has 1 aliphatic rings. The number of hydrogen-bond acceptors (Lipinski definition) is 1. The first-order valence-electron chi connectivity index (χ1n) is 16.5. The van der Waals surface area contributed by atoms with Gasteiger partial charge in [0.15, 0.2) is 0 Å². The Balaban J connectivity index is 1.44. The first-order chi connectivity index (χ1) is 22.0. The summed E-state index contributed by atoms with van der Waals surface area (Å²) in [6.45, 7) is 3.56. The largest absolute Gasteiger partial charge is 0.457 e. The second-order valence-corrected chi connectivity index (χ2v) is 10.5. The molecule has 0 saturated carbocycles. The summed E-state index contributed by atoms with van der Waals surface area (Å²) in [6.07, 6.45) is 0. The third-order valence-corrected chi connectivity index (χ3v) is 7.84. The molecule has 39 heavy (non-hydrogen) atoms. The van der Waals surface area contributed by atoms with E-state index in [2.05, 4.69) is 41.0 Å². The lowest BCUT2D eigenvalue weighted by atomic mass is 9.75. The van der Waals surface area contributed by atoms with Crippen LogP contribution in [0.4, 0.5) is 0 Å². The van der Waals surface area contributed by atoms with E-state index in [1.165, 1.54) is 0 Å². The van der Waals surface area contributed by atoms with Crippen LogP contribution in [-0.2, 0) is 5.41 Å². The van der Waals surface area contributed by atoms with Crippen LogP contribution in [0.15, 0.2) is 127 Å². The van der Waals surface area contributed by atoms with Crippen molar-refractivity contribution >= 4 is 32.6 Å². The van der Waals surface area contributed by atoms with Crippen molar-refractivity contribution in [3.63, 3.8) is 0 Å². The summed E-state index contributed by atoms with van der Waals surface area (Å²) in [4.78, 5) is 0. The van der Waals surface area contributed by atoms with E-state index in [1.54, 1.807) is 13.8 Å². The molecule has 2 nitrogen and oxygen atoms in total. The van der Waals surface area contributed by atoms with Crippen LogP contribution in [0.2, 0.25) is 0 Å². The van der Waals surface area contributed by atoms with Crippen LogP contribution in [0.1, 0.15) is 34.6 Å². The van der Waals surface area contributed by atoms with Crippen LogP contribution in [0.3, 0.4) is 0 Å². The van der Waals surface area contributed by atoms with Crippen molar-refractivity contribution in [3.05, 3.63) is 138 Å². The molecule has 0 radical (unpaired) electrons. The normalized spacial score (nSPS) is 16.3. The molecule has 0 amide bonds. The molecule has 0 unspecified atom stereocenters. The second kappa shape index (κ2) is 8.09. The average molecular weight is 509 g/mol. The molecule has 7 aromatic rings. The Morgan fingerprint density at radius 1 is 0.667 bits per heavy atom. The van der Waals surface area contributed by atoms with Crippen molar-refractivity contribution in [2.75, 3.05) is 0 Å². The van der Waals surface area contributed by atoms with E-state index < -0.39 is 11.5 Å². The van der Waals surface area contributed by atoms with Gasteiger partial charge >= 0.3 is 0 Å². The summed E-state index contributed by atoms with van der Waals surface area (Å²) in [5, 5.41) is 4.32. The Bertz CT molecular complexity index is 2450. The molecule has 0 atom stereocenters. The molecule has 0 aliphatic carbocycles. The van der Waals surface area contributed by atoms with E-state index in [-0.39, 0.29) is 58.9 Å². The minimum atomic E-state index is -1.11. The third-order valence-electron chi connectivity index (χ3n) is 7.84. The van der Waals surface area contributed by atoms with Crippen molar-refractivity contribution in [2.45, 2.75) is 19.3 Å². The number of nitrogens with zero attached hydrogens (tertiary/aromatic N) is 1. The number of aromatic nitrogens is 1. The standard InChI is InChI=1S/C37H27NO/c1-37(2)31-14-8-9-15-34(31)39-35-21-18-25(22-32(35)37)26-17-19-29-30-20-16-24-10-6-7-13-28(24)36(30)38(33(29)23-26)27-11-4-3-5-12-27/h3-23H,1-2H3/i8D,9D,14D,15D,18D,21D,22D. The van der Waals surface area contributed by atoms with Gasteiger partial charge in [0.05, 0.1) is 20.6 Å². The van der Waals surface area contributed by atoms with Gasteiger partial charge in [-0.3, -0.25) is 0 Å². The number of ether oxygens (including phenoxy) is 1. The molecule has 2 heteroatoms. The summed E-state index contributed by atoms with van der Waals surface area (Å²) < 4.78 is 69.4. The van der Waals surface area contributed by atoms with Gasteiger partial charge in [0, 0.05) is 38.4 Å². The summed E-state index contributed by atoms with van der Waals surface area (Å²) in [5.41, 5.74) is 3.22. The van der Waals surface area contributed by atoms with Crippen LogP contribution >= 0.6 is 0 Å². The van der Waals surface area contributed by atoms with Gasteiger partial charge in [-0.05, 0) is 52.8 Å². The SMILES string of the molecule is [2H]c1c([2H])c([2H])c2c(c1[2H])Oc1c([2H])c([2H])c(-c3ccc4c5ccc6ccccc6c5n(-c5ccccc5)c4c3)c([2H])c1C2(C)C. The predicted octanol–water partition coefficient (Wildman–Crippen LogP) is 10.0. The first-order valence-corrected chi connectivity index (χ1v) is 13.0. The molecule has 0 spiro atoms. The highest BCUT2D eigenvalue weighted by Gasteiger charge is 2.34. The minimum Gasteiger partial charge on any atom is -0.457 e. The van der Waals surface area contributed by atoms with Gasteiger partial charge in [-0.25, -0.2) is 0 Å². The van der Waals surface area contributed by atoms with Crippen LogP contribution in [0.25, 0.3) is 49.4 Å². The summed E-state index contributed by atoms with van der Waals surface area (Å²) in [5.74, 6) is -0.0863. The molecule has 2 heterocycles. The molecule has 8 rings (SSSR count). The average Bonchev–Trinajstić information content (AvgIpc) is 3.39. The van der Waals surface area contributed by atoms with Gasteiger partial charge in [0.1, 0.15) is 11.5 Å². The maximum atomic E-state index is 9.48. The Hall–Kier alpha value is -4.82. The second-order valence-electron chi connectivity index (χ2n) is 10.5. The fourth-order valence-corrected chi connectivity index (χ4v) is 5.88. The zero-order valence-electron chi connectivity index (χ0n) is 28.4. The van der Waals surface area contributed by atoms with E-state index in [0.29, 0.717) is 11.1 Å². The van der Waals surface area contributed by atoms with Crippen LogP contribution in [0, 0.1) is 0 Å². The Kier molecular flexibility index (Phi) is 3.36. The van der Waals surface area contributed by atoms with E-state index >= 15 is 0 Å². The number of benzene rings is 6. The number of para-hydroxylation sites is 2. The van der Waals surface area contributed by atoms with Crippen molar-refractivity contribution in [2.24, 2.45) is 0 Å². The lowest BCUT2D eigenvalue weighted by molar-refractivity contribution is 0.418. The molecular weight excluding hydrogens is 474 g/mol. The topological polar surface area (TPSA) is 14.2 Å². The van der Waals surface area contributed by atoms with E-state index in [1.807, 2.05) is 48.5 Å². The number of hydrogen-bond donors (Lipinski definition) is 0. The molecule has 6 aromatic carbocycles. The molecule has 0 N–H and O–H groups in total. The fraction of sp³-hybridized carbons (Fsp3) is 0.0811. The molecule has 0 fully saturated rings. The Morgan fingerprint density at radius 3 is 2.33 bits per heavy atom. The van der Waals surface area contributed by atoms with Crippen molar-refractivity contribution in [1.82, 2.24) is 4.57 Å². The van der Waals surface area contributed by atoms with Gasteiger partial charge in [-0.2, -0.15) is 0 Å². The summed E-state index contributed by atoms with van der Waals surface area (Å²) in [7, 11) is 0. The van der Waals surface area contributed by atoms with Crippen molar-refractivity contribution < 1.29 is 14.3 Å². The fourth-order valence-electron chi connectivity index (χ4n) is 5.88. The predicted molar refractivity (Wildman–Crippen MR) is 162 cm³/mol. The molecule has 0 bridgehead atoms. The van der Waals surface area contributed by atoms with Gasteiger partial charge in [0.2, 0.25) is 0 Å². The third kappa shape index (κ3) is 3.21. The molecule has 1 aromatic heterocycles. The minimum absolute atomic E-state index is 0.00812. The van der Waals surface area contributed by atoms with Gasteiger partial charge in [-0.1, -0.05) is 105 Å². The maximum absolute atomic E-state index is 9.48. The van der Waals surface area contributed by atoms with Gasteiger partial charge < -0.3 is 9.30 Å². The molecule has 1 aliphatic heterocycles. The maximum Gasteiger partial charge on any atom is 0.131 e. The number of rotatable bonds is 2. The van der Waals surface area contributed by atoms with E-state index in [4.69, 9.17) is 13.0 Å². The zero-order valence-corrected chi connectivity index (χ0v) is 21.4. The van der Waals surface area contributed by atoms with E-state index in [9.17, 15) is 1.37 Å². The van der Waals surface area contributed by atoms with Crippen molar-refractivity contribution in [1.29, 1.82) is 0 Å². The van der Waals surface area contributed by atoms with Gasteiger partial charge in [0.25, 0.3) is 0 Å². The monoisotopic (exact) mass is 508 g/mol. The lowest BCUT2D eigenvalue weighted by Gasteiger charge is -2.34. The summed E-state index contributed by atoms with van der Waals surface area (Å²) in [6, 6.07) is 26.6. The molecule has 0 saturated heterocycles. The number of fused-ring (bicyclic) bond motifs is 7. The Labute approximate surface area is 237 Å². The first kappa shape index (κ1) is 16.2. The van der Waals surface area contributed by atoms with Gasteiger partial charge in [-0.15, -0.1) is 0 Å². The lowest BCUT2D eigenvalue weighted by Crippen LogP contribution is -2.24. The smallest absolute Gasteiger partial charge is 0.131 e. The zero-order chi connectivity index (χ0) is 32.2. The molecular formula is C37H27NO. The van der Waals surface area contributed by atoms with Crippen molar-refractivity contribution in [3.8, 4) is 28.3 Å². The molecule has 186 valence electrons. The highest BCUT2D eigenvalue weighted by Crippen LogP contribution is 2.49. The highest BCUT2D eigenvalue weighted by atomic mass is 16.5. The highest BCUT2D eigenvalue weighted by molar-refractivity contribution is 6.19. The summed E-state index contributed by atoms with van der Waals surface area (Å²) >= 11 is 0.